The minimum Gasteiger partial charge on any atom is -0.478 e. The average Bonchev–Trinajstić information content (AvgIpc) is 2.92. The van der Waals surface area contributed by atoms with Gasteiger partial charge in [0.1, 0.15) is 0 Å². The van der Waals surface area contributed by atoms with E-state index in [2.05, 4.69) is 5.32 Å². The number of hydrogen-bond acceptors (Lipinski definition) is 3. The first-order valence-corrected chi connectivity index (χ1v) is 6.30. The highest BCUT2D eigenvalue weighted by Gasteiger charge is 2.24. The second-order valence-electron chi connectivity index (χ2n) is 4.77. The Labute approximate surface area is 111 Å². The van der Waals surface area contributed by atoms with Gasteiger partial charge >= 0.3 is 5.97 Å². The molecule has 0 unspecified atom stereocenters. The molecule has 19 heavy (non-hydrogen) atoms. The van der Waals surface area contributed by atoms with Gasteiger partial charge in [0.2, 0.25) is 0 Å². The highest BCUT2D eigenvalue weighted by molar-refractivity contribution is 5.97. The standard InChI is InChI=1S/C14H17NO4/c1-9(12-5-6-19-8-12)15-13(16)10-3-2-4-11(7-10)14(17)18/h2-4,7,9,12H,5-6,8H2,1H3,(H,15,16)(H,17,18)/t9-,12+/m1/s1. The van der Waals surface area contributed by atoms with Gasteiger partial charge in [-0.15, -0.1) is 0 Å². The molecule has 1 aliphatic heterocycles. The molecule has 1 saturated heterocycles. The number of rotatable bonds is 4. The number of carbonyl (C=O) groups excluding carboxylic acids is 1. The Morgan fingerprint density at radius 2 is 2.16 bits per heavy atom. The maximum atomic E-state index is 12.0. The molecule has 2 rings (SSSR count). The van der Waals surface area contributed by atoms with Crippen LogP contribution in [-0.2, 0) is 4.74 Å². The van der Waals surface area contributed by atoms with Crippen LogP contribution < -0.4 is 5.32 Å². The SMILES string of the molecule is C[C@@H](NC(=O)c1cccc(C(=O)O)c1)[C@H]1CCOC1. The smallest absolute Gasteiger partial charge is 0.335 e. The summed E-state index contributed by atoms with van der Waals surface area (Å²) in [5, 5.41) is 11.8. The molecule has 0 spiro atoms. The highest BCUT2D eigenvalue weighted by Crippen LogP contribution is 2.17. The molecule has 1 aromatic carbocycles. The normalized spacial score (nSPS) is 19.9. The van der Waals surface area contributed by atoms with Gasteiger partial charge in [0.25, 0.3) is 5.91 Å². The summed E-state index contributed by atoms with van der Waals surface area (Å²) in [6, 6.07) is 6.05. The largest absolute Gasteiger partial charge is 0.478 e. The van der Waals surface area contributed by atoms with Crippen molar-refractivity contribution in [2.24, 2.45) is 5.92 Å². The number of carboxylic acids is 1. The van der Waals surface area contributed by atoms with Crippen molar-refractivity contribution in [2.75, 3.05) is 13.2 Å². The third kappa shape index (κ3) is 3.32. The summed E-state index contributed by atoms with van der Waals surface area (Å²) in [5.41, 5.74) is 0.482. The van der Waals surface area contributed by atoms with Crippen LogP contribution in [0.15, 0.2) is 24.3 Å². The van der Waals surface area contributed by atoms with Crippen molar-refractivity contribution >= 4 is 11.9 Å². The van der Waals surface area contributed by atoms with Crippen molar-refractivity contribution in [3.63, 3.8) is 0 Å². The summed E-state index contributed by atoms with van der Waals surface area (Å²) in [5.74, 6) is -0.957. The maximum Gasteiger partial charge on any atom is 0.335 e. The summed E-state index contributed by atoms with van der Waals surface area (Å²) >= 11 is 0. The molecule has 1 amide bonds. The van der Waals surface area contributed by atoms with Gasteiger partial charge < -0.3 is 15.2 Å². The fourth-order valence-corrected chi connectivity index (χ4v) is 2.15. The van der Waals surface area contributed by atoms with Crippen LogP contribution in [0, 0.1) is 5.92 Å². The van der Waals surface area contributed by atoms with Gasteiger partial charge in [-0.05, 0) is 31.5 Å². The van der Waals surface area contributed by atoms with E-state index in [1.54, 1.807) is 12.1 Å². The van der Waals surface area contributed by atoms with Gasteiger partial charge in [-0.25, -0.2) is 4.79 Å². The van der Waals surface area contributed by atoms with Crippen LogP contribution in [0.3, 0.4) is 0 Å². The van der Waals surface area contributed by atoms with Gasteiger partial charge in [-0.3, -0.25) is 4.79 Å². The third-order valence-electron chi connectivity index (χ3n) is 3.40. The number of carboxylic acid groups (broad SMARTS) is 1. The third-order valence-corrected chi connectivity index (χ3v) is 3.40. The van der Waals surface area contributed by atoms with Crippen LogP contribution in [0.5, 0.6) is 0 Å². The molecule has 0 aliphatic carbocycles. The molecule has 1 aromatic rings. The van der Waals surface area contributed by atoms with Gasteiger partial charge in [0.05, 0.1) is 12.2 Å². The summed E-state index contributed by atoms with van der Waals surface area (Å²) in [7, 11) is 0. The second kappa shape index (κ2) is 5.84. The molecule has 0 saturated carbocycles. The van der Waals surface area contributed by atoms with E-state index < -0.39 is 5.97 Å². The molecule has 0 aromatic heterocycles. The minimum absolute atomic E-state index is 0.0171. The van der Waals surface area contributed by atoms with Crippen molar-refractivity contribution in [1.29, 1.82) is 0 Å². The fourth-order valence-electron chi connectivity index (χ4n) is 2.15. The lowest BCUT2D eigenvalue weighted by Crippen LogP contribution is -2.38. The van der Waals surface area contributed by atoms with Crippen LogP contribution in [-0.4, -0.2) is 36.2 Å². The zero-order chi connectivity index (χ0) is 13.8. The number of nitrogens with one attached hydrogen (secondary N) is 1. The predicted octanol–water partition coefficient (Wildman–Crippen LogP) is 1.54. The first kappa shape index (κ1) is 13.5. The molecule has 1 heterocycles. The molecule has 5 heteroatoms. The Balaban J connectivity index is 2.02. The van der Waals surface area contributed by atoms with Crippen molar-refractivity contribution in [2.45, 2.75) is 19.4 Å². The number of amides is 1. The first-order chi connectivity index (χ1) is 9.08. The highest BCUT2D eigenvalue weighted by atomic mass is 16.5. The van der Waals surface area contributed by atoms with Gasteiger partial charge in [-0.2, -0.15) is 0 Å². The maximum absolute atomic E-state index is 12.0. The van der Waals surface area contributed by atoms with Crippen molar-refractivity contribution in [3.8, 4) is 0 Å². The first-order valence-electron chi connectivity index (χ1n) is 6.30. The summed E-state index contributed by atoms with van der Waals surface area (Å²) in [6.07, 6.45) is 0.941. The number of carbonyl (C=O) groups is 2. The van der Waals surface area contributed by atoms with E-state index in [9.17, 15) is 9.59 Å². The summed E-state index contributed by atoms with van der Waals surface area (Å²) in [4.78, 5) is 22.9. The predicted molar refractivity (Wildman–Crippen MR) is 69.3 cm³/mol. The average molecular weight is 263 g/mol. The number of aromatic carboxylic acids is 1. The van der Waals surface area contributed by atoms with E-state index in [0.29, 0.717) is 18.1 Å². The number of ether oxygens (including phenoxy) is 1. The molecule has 0 bridgehead atoms. The Bertz CT molecular complexity index is 480. The van der Waals surface area contributed by atoms with Crippen molar-refractivity contribution < 1.29 is 19.4 Å². The Morgan fingerprint density at radius 3 is 2.79 bits per heavy atom. The quantitative estimate of drug-likeness (QED) is 0.864. The van der Waals surface area contributed by atoms with E-state index >= 15 is 0 Å². The Kier molecular flexibility index (Phi) is 4.16. The molecule has 0 radical (unpaired) electrons. The van der Waals surface area contributed by atoms with E-state index in [0.717, 1.165) is 13.0 Å². The van der Waals surface area contributed by atoms with E-state index in [1.165, 1.54) is 12.1 Å². The fraction of sp³-hybridized carbons (Fsp3) is 0.429. The van der Waals surface area contributed by atoms with Crippen LogP contribution in [0.2, 0.25) is 0 Å². The molecule has 1 aliphatic rings. The van der Waals surface area contributed by atoms with Crippen molar-refractivity contribution in [3.05, 3.63) is 35.4 Å². The van der Waals surface area contributed by atoms with Gasteiger partial charge in [0, 0.05) is 24.1 Å². The molecule has 102 valence electrons. The Morgan fingerprint density at radius 1 is 1.42 bits per heavy atom. The Hall–Kier alpha value is -1.88. The zero-order valence-corrected chi connectivity index (χ0v) is 10.8. The van der Waals surface area contributed by atoms with Crippen LogP contribution in [0.1, 0.15) is 34.1 Å². The molecule has 2 atom stereocenters. The van der Waals surface area contributed by atoms with Gasteiger partial charge in [0.15, 0.2) is 0 Å². The number of benzene rings is 1. The molecule has 2 N–H and O–H groups in total. The monoisotopic (exact) mass is 263 g/mol. The van der Waals surface area contributed by atoms with E-state index in [4.69, 9.17) is 9.84 Å². The lowest BCUT2D eigenvalue weighted by Gasteiger charge is -2.19. The summed E-state index contributed by atoms with van der Waals surface area (Å²) in [6.45, 7) is 3.34. The zero-order valence-electron chi connectivity index (χ0n) is 10.8. The van der Waals surface area contributed by atoms with Crippen LogP contribution in [0.4, 0.5) is 0 Å². The molecular weight excluding hydrogens is 246 g/mol. The lowest BCUT2D eigenvalue weighted by molar-refractivity contribution is 0.0697. The van der Waals surface area contributed by atoms with E-state index in [-0.39, 0.29) is 17.5 Å². The summed E-state index contributed by atoms with van der Waals surface area (Å²) < 4.78 is 5.29. The van der Waals surface area contributed by atoms with Crippen molar-refractivity contribution in [1.82, 2.24) is 5.32 Å². The molecule has 5 nitrogen and oxygen atoms in total. The number of hydrogen-bond donors (Lipinski definition) is 2. The molecular formula is C14H17NO4. The van der Waals surface area contributed by atoms with Gasteiger partial charge in [-0.1, -0.05) is 6.07 Å². The van der Waals surface area contributed by atoms with Crippen LogP contribution >= 0.6 is 0 Å². The lowest BCUT2D eigenvalue weighted by atomic mass is 10.00. The van der Waals surface area contributed by atoms with Crippen LogP contribution in [0.25, 0.3) is 0 Å². The topological polar surface area (TPSA) is 75.6 Å². The second-order valence-corrected chi connectivity index (χ2v) is 4.77. The van der Waals surface area contributed by atoms with E-state index in [1.807, 2.05) is 6.92 Å². The minimum atomic E-state index is -1.04. The molecule has 1 fully saturated rings.